The molecule has 0 saturated heterocycles. The van der Waals surface area contributed by atoms with Gasteiger partial charge in [-0.25, -0.2) is 4.39 Å². The van der Waals surface area contributed by atoms with E-state index in [1.54, 1.807) is 36.4 Å². The third kappa shape index (κ3) is 5.37. The number of halogens is 2. The van der Waals surface area contributed by atoms with Crippen LogP contribution < -0.4 is 10.2 Å². The Labute approximate surface area is 196 Å². The second-order valence-electron chi connectivity index (χ2n) is 7.94. The minimum Gasteiger partial charge on any atom is -0.351 e. The Morgan fingerprint density at radius 3 is 2.38 bits per heavy atom. The highest BCUT2D eigenvalue weighted by Gasteiger charge is 2.34. The first-order chi connectivity index (χ1) is 15.5. The molecule has 32 heavy (non-hydrogen) atoms. The third-order valence-electron chi connectivity index (χ3n) is 5.67. The van der Waals surface area contributed by atoms with Crippen molar-refractivity contribution < 1.29 is 14.0 Å². The number of carbonyl (C=O) groups excluding carboxylic acids is 2. The summed E-state index contributed by atoms with van der Waals surface area (Å²) in [7, 11) is 0. The fraction of sp³-hybridized carbons (Fsp3) is 0.280. The molecule has 0 bridgehead atoms. The summed E-state index contributed by atoms with van der Waals surface area (Å²) in [4.78, 5) is 29.5. The SMILES string of the molecule is O=C(NC1CCCC1)C(c1ccc(F)cc1)N(C(=O)Cc1cccs1)c1ccc(Cl)cc1. The quantitative estimate of drug-likeness (QED) is 0.466. The van der Waals surface area contributed by atoms with Crippen molar-refractivity contribution in [3.8, 4) is 0 Å². The molecule has 1 aliphatic rings. The van der Waals surface area contributed by atoms with Crippen molar-refractivity contribution in [2.75, 3.05) is 4.90 Å². The first-order valence-electron chi connectivity index (χ1n) is 10.7. The molecule has 1 aromatic heterocycles. The lowest BCUT2D eigenvalue weighted by molar-refractivity contribution is -0.127. The molecule has 1 atom stereocenters. The van der Waals surface area contributed by atoms with Crippen molar-refractivity contribution in [1.29, 1.82) is 0 Å². The molecular weight excluding hydrogens is 447 g/mol. The van der Waals surface area contributed by atoms with Gasteiger partial charge in [-0.05, 0) is 66.2 Å². The van der Waals surface area contributed by atoms with Crippen LogP contribution in [0.25, 0.3) is 0 Å². The predicted molar refractivity (Wildman–Crippen MR) is 127 cm³/mol. The third-order valence-corrected chi connectivity index (χ3v) is 6.80. The fourth-order valence-electron chi connectivity index (χ4n) is 4.10. The minimum atomic E-state index is -0.926. The summed E-state index contributed by atoms with van der Waals surface area (Å²) in [6.07, 6.45) is 4.15. The number of nitrogens with zero attached hydrogens (tertiary/aromatic N) is 1. The van der Waals surface area contributed by atoms with Crippen LogP contribution in [-0.2, 0) is 16.0 Å². The van der Waals surface area contributed by atoms with Gasteiger partial charge in [-0.15, -0.1) is 11.3 Å². The van der Waals surface area contributed by atoms with E-state index >= 15 is 0 Å². The van der Waals surface area contributed by atoms with E-state index in [4.69, 9.17) is 11.6 Å². The molecule has 0 spiro atoms. The van der Waals surface area contributed by atoms with Crippen LogP contribution in [0.1, 0.15) is 42.2 Å². The molecule has 7 heteroatoms. The van der Waals surface area contributed by atoms with E-state index in [9.17, 15) is 14.0 Å². The van der Waals surface area contributed by atoms with Crippen molar-refractivity contribution in [2.45, 2.75) is 44.2 Å². The van der Waals surface area contributed by atoms with Crippen LogP contribution in [0.4, 0.5) is 10.1 Å². The number of thiophene rings is 1. The number of amides is 2. The number of hydrogen-bond acceptors (Lipinski definition) is 3. The lowest BCUT2D eigenvalue weighted by atomic mass is 10.0. The van der Waals surface area contributed by atoms with Crippen LogP contribution >= 0.6 is 22.9 Å². The van der Waals surface area contributed by atoms with E-state index in [1.807, 2.05) is 17.5 Å². The van der Waals surface area contributed by atoms with Crippen molar-refractivity contribution in [3.05, 3.63) is 87.3 Å². The molecule has 1 fully saturated rings. The second-order valence-corrected chi connectivity index (χ2v) is 9.41. The number of rotatable bonds is 7. The second kappa shape index (κ2) is 10.3. The van der Waals surface area contributed by atoms with Crippen LogP contribution in [0.2, 0.25) is 5.02 Å². The Morgan fingerprint density at radius 2 is 1.75 bits per heavy atom. The summed E-state index contributed by atoms with van der Waals surface area (Å²) in [5, 5.41) is 5.57. The molecule has 1 unspecified atom stereocenters. The smallest absolute Gasteiger partial charge is 0.248 e. The average Bonchev–Trinajstić information content (AvgIpc) is 3.48. The number of anilines is 1. The Hall–Kier alpha value is -2.70. The maximum absolute atomic E-state index is 13.7. The Kier molecular flexibility index (Phi) is 7.22. The van der Waals surface area contributed by atoms with E-state index in [2.05, 4.69) is 5.32 Å². The Balaban J connectivity index is 1.74. The lowest BCUT2D eigenvalue weighted by Crippen LogP contribution is -2.46. The zero-order valence-corrected chi connectivity index (χ0v) is 19.0. The van der Waals surface area contributed by atoms with Crippen LogP contribution in [0.3, 0.4) is 0 Å². The molecule has 1 heterocycles. The zero-order chi connectivity index (χ0) is 22.5. The Bertz CT molecular complexity index is 1050. The summed E-state index contributed by atoms with van der Waals surface area (Å²) >= 11 is 7.57. The molecule has 166 valence electrons. The van der Waals surface area contributed by atoms with E-state index < -0.39 is 11.9 Å². The van der Waals surface area contributed by atoms with Gasteiger partial charge in [0, 0.05) is 21.6 Å². The first-order valence-corrected chi connectivity index (χ1v) is 11.9. The molecule has 2 aromatic carbocycles. The van der Waals surface area contributed by atoms with E-state index in [0.717, 1.165) is 30.6 Å². The highest BCUT2D eigenvalue weighted by atomic mass is 35.5. The van der Waals surface area contributed by atoms with Gasteiger partial charge in [0.15, 0.2) is 0 Å². The molecule has 1 aliphatic carbocycles. The van der Waals surface area contributed by atoms with Crippen molar-refractivity contribution in [1.82, 2.24) is 5.32 Å². The van der Waals surface area contributed by atoms with Gasteiger partial charge in [0.2, 0.25) is 11.8 Å². The van der Waals surface area contributed by atoms with Crippen molar-refractivity contribution in [2.24, 2.45) is 0 Å². The standard InChI is InChI=1S/C25H24ClFN2O2S/c26-18-9-13-21(14-10-18)29(23(30)16-22-6-3-15-32-22)24(17-7-11-19(27)12-8-17)25(31)28-20-4-1-2-5-20/h3,6-15,20,24H,1-2,4-5,16H2,(H,28,31). The van der Waals surface area contributed by atoms with Gasteiger partial charge in [0.05, 0.1) is 6.42 Å². The van der Waals surface area contributed by atoms with E-state index in [0.29, 0.717) is 16.3 Å². The van der Waals surface area contributed by atoms with Crippen LogP contribution in [0, 0.1) is 5.82 Å². The lowest BCUT2D eigenvalue weighted by Gasteiger charge is -2.32. The van der Waals surface area contributed by atoms with Gasteiger partial charge in [-0.2, -0.15) is 0 Å². The van der Waals surface area contributed by atoms with Gasteiger partial charge >= 0.3 is 0 Å². The van der Waals surface area contributed by atoms with E-state index in [1.165, 1.54) is 28.4 Å². The first kappa shape index (κ1) is 22.5. The fourth-order valence-corrected chi connectivity index (χ4v) is 4.92. The van der Waals surface area contributed by atoms with E-state index in [-0.39, 0.29) is 24.3 Å². The summed E-state index contributed by atoms with van der Waals surface area (Å²) in [6.45, 7) is 0. The van der Waals surface area contributed by atoms with Gasteiger partial charge < -0.3 is 5.32 Å². The van der Waals surface area contributed by atoms with Crippen LogP contribution in [0.5, 0.6) is 0 Å². The summed E-state index contributed by atoms with van der Waals surface area (Å²) in [5.41, 5.74) is 1.11. The average molecular weight is 471 g/mol. The molecule has 2 amide bonds. The predicted octanol–water partition coefficient (Wildman–Crippen LogP) is 5.92. The largest absolute Gasteiger partial charge is 0.351 e. The number of hydrogen-bond donors (Lipinski definition) is 1. The monoisotopic (exact) mass is 470 g/mol. The van der Waals surface area contributed by atoms with Crippen molar-refractivity contribution >= 4 is 40.4 Å². The van der Waals surface area contributed by atoms with Gasteiger partial charge in [-0.1, -0.05) is 42.6 Å². The van der Waals surface area contributed by atoms with Crippen LogP contribution in [0.15, 0.2) is 66.0 Å². The number of nitrogens with one attached hydrogen (secondary N) is 1. The maximum Gasteiger partial charge on any atom is 0.248 e. The molecule has 4 nitrogen and oxygen atoms in total. The Morgan fingerprint density at radius 1 is 1.06 bits per heavy atom. The van der Waals surface area contributed by atoms with Gasteiger partial charge in [0.1, 0.15) is 11.9 Å². The summed E-state index contributed by atoms with van der Waals surface area (Å²) in [5.74, 6) is -0.879. The molecule has 1 N–H and O–H groups in total. The highest BCUT2D eigenvalue weighted by Crippen LogP contribution is 2.31. The van der Waals surface area contributed by atoms with Gasteiger partial charge in [0.25, 0.3) is 0 Å². The number of carbonyl (C=O) groups is 2. The molecular formula is C25H24ClFN2O2S. The number of benzene rings is 2. The maximum atomic E-state index is 13.7. The van der Waals surface area contributed by atoms with Gasteiger partial charge in [-0.3, -0.25) is 14.5 Å². The molecule has 0 radical (unpaired) electrons. The zero-order valence-electron chi connectivity index (χ0n) is 17.5. The molecule has 1 saturated carbocycles. The molecule has 3 aromatic rings. The normalized spacial score (nSPS) is 14.8. The highest BCUT2D eigenvalue weighted by molar-refractivity contribution is 7.10. The van der Waals surface area contributed by atoms with Crippen molar-refractivity contribution in [3.63, 3.8) is 0 Å². The topological polar surface area (TPSA) is 49.4 Å². The molecule has 4 rings (SSSR count). The molecule has 0 aliphatic heterocycles. The summed E-state index contributed by atoms with van der Waals surface area (Å²) < 4.78 is 13.7. The van der Waals surface area contributed by atoms with Crippen LogP contribution in [-0.4, -0.2) is 17.9 Å². The summed E-state index contributed by atoms with van der Waals surface area (Å²) in [6, 6.07) is 15.6. The minimum absolute atomic E-state index is 0.0879.